The molecule has 0 aliphatic carbocycles. The van der Waals surface area contributed by atoms with Gasteiger partial charge in [0.15, 0.2) is 0 Å². The standard InChI is InChI=1S/C21H37N3O/c1-5-9-15-24(16-10-6-2)17-14-22-21(25)23-20-18(7-3)12-11-13-19(20)8-4/h11-13H,5-10,14-17H2,1-4H3,(H2,22,23,25). The van der Waals surface area contributed by atoms with Crippen LogP contribution in [0, 0.1) is 0 Å². The van der Waals surface area contributed by atoms with Gasteiger partial charge >= 0.3 is 6.03 Å². The van der Waals surface area contributed by atoms with Crippen molar-refractivity contribution in [2.45, 2.75) is 66.2 Å². The van der Waals surface area contributed by atoms with Crippen molar-refractivity contribution < 1.29 is 4.79 Å². The molecule has 0 unspecified atom stereocenters. The maximum absolute atomic E-state index is 12.3. The summed E-state index contributed by atoms with van der Waals surface area (Å²) in [6.07, 6.45) is 6.71. The van der Waals surface area contributed by atoms with Gasteiger partial charge in [-0.15, -0.1) is 0 Å². The van der Waals surface area contributed by atoms with Crippen LogP contribution in [-0.4, -0.2) is 37.1 Å². The van der Waals surface area contributed by atoms with Gasteiger partial charge in [-0.3, -0.25) is 0 Å². The molecule has 25 heavy (non-hydrogen) atoms. The number of carbonyl (C=O) groups is 1. The third-order valence-electron chi connectivity index (χ3n) is 4.61. The first-order valence-corrected chi connectivity index (χ1v) is 10.0. The lowest BCUT2D eigenvalue weighted by molar-refractivity contribution is 0.242. The van der Waals surface area contributed by atoms with Crippen LogP contribution in [0.2, 0.25) is 0 Å². The Labute approximate surface area is 154 Å². The molecule has 0 heterocycles. The molecule has 2 amide bonds. The summed E-state index contributed by atoms with van der Waals surface area (Å²) in [7, 11) is 0. The number of para-hydroxylation sites is 1. The Bertz CT molecular complexity index is 472. The number of nitrogens with one attached hydrogen (secondary N) is 2. The maximum Gasteiger partial charge on any atom is 0.319 e. The largest absolute Gasteiger partial charge is 0.337 e. The molecule has 0 radical (unpaired) electrons. The number of amides is 2. The van der Waals surface area contributed by atoms with Crippen LogP contribution in [0.25, 0.3) is 0 Å². The van der Waals surface area contributed by atoms with Crippen LogP contribution in [0.3, 0.4) is 0 Å². The van der Waals surface area contributed by atoms with Gasteiger partial charge in [0.05, 0.1) is 0 Å². The predicted octanol–water partition coefficient (Wildman–Crippen LogP) is 4.84. The van der Waals surface area contributed by atoms with E-state index < -0.39 is 0 Å². The Kier molecular flexibility index (Phi) is 11.0. The summed E-state index contributed by atoms with van der Waals surface area (Å²) < 4.78 is 0. The number of carbonyl (C=O) groups excluding carboxylic acids is 1. The van der Waals surface area contributed by atoms with Crippen molar-refractivity contribution in [2.75, 3.05) is 31.5 Å². The first-order valence-electron chi connectivity index (χ1n) is 10.0. The van der Waals surface area contributed by atoms with Crippen LogP contribution in [0.4, 0.5) is 10.5 Å². The Morgan fingerprint density at radius 2 is 1.48 bits per heavy atom. The summed E-state index contributed by atoms with van der Waals surface area (Å²) in [5, 5.41) is 6.10. The number of aryl methyl sites for hydroxylation is 2. The summed E-state index contributed by atoms with van der Waals surface area (Å²) in [5.74, 6) is 0. The highest BCUT2D eigenvalue weighted by molar-refractivity contribution is 5.91. The molecular weight excluding hydrogens is 310 g/mol. The number of benzene rings is 1. The lowest BCUT2D eigenvalue weighted by Crippen LogP contribution is -2.38. The highest BCUT2D eigenvalue weighted by atomic mass is 16.2. The third kappa shape index (κ3) is 7.91. The van der Waals surface area contributed by atoms with Gasteiger partial charge in [-0.1, -0.05) is 58.7 Å². The van der Waals surface area contributed by atoms with Gasteiger partial charge in [0.1, 0.15) is 0 Å². The van der Waals surface area contributed by atoms with E-state index >= 15 is 0 Å². The minimum Gasteiger partial charge on any atom is -0.337 e. The molecule has 0 saturated carbocycles. The molecule has 0 fully saturated rings. The fourth-order valence-corrected chi connectivity index (χ4v) is 2.99. The zero-order chi connectivity index (χ0) is 18.5. The van der Waals surface area contributed by atoms with E-state index in [1.165, 1.54) is 36.8 Å². The van der Waals surface area contributed by atoms with E-state index in [1.807, 2.05) is 0 Å². The van der Waals surface area contributed by atoms with Crippen molar-refractivity contribution in [2.24, 2.45) is 0 Å². The molecule has 4 heteroatoms. The van der Waals surface area contributed by atoms with Crippen LogP contribution in [0.1, 0.15) is 64.5 Å². The van der Waals surface area contributed by atoms with E-state index in [9.17, 15) is 4.79 Å². The first kappa shape index (κ1) is 21.5. The van der Waals surface area contributed by atoms with E-state index in [2.05, 4.69) is 61.4 Å². The van der Waals surface area contributed by atoms with Crippen molar-refractivity contribution in [3.63, 3.8) is 0 Å². The molecule has 0 aromatic heterocycles. The molecule has 1 rings (SSSR count). The molecule has 2 N–H and O–H groups in total. The minimum absolute atomic E-state index is 0.0958. The van der Waals surface area contributed by atoms with Gasteiger partial charge in [-0.2, -0.15) is 0 Å². The molecule has 0 atom stereocenters. The molecule has 1 aromatic rings. The van der Waals surface area contributed by atoms with E-state index in [0.29, 0.717) is 6.54 Å². The van der Waals surface area contributed by atoms with Crippen molar-refractivity contribution >= 4 is 11.7 Å². The van der Waals surface area contributed by atoms with Gasteiger partial charge in [0.25, 0.3) is 0 Å². The Morgan fingerprint density at radius 3 is 1.96 bits per heavy atom. The first-order chi connectivity index (χ1) is 12.2. The van der Waals surface area contributed by atoms with Gasteiger partial charge in [0, 0.05) is 18.8 Å². The van der Waals surface area contributed by atoms with Crippen molar-refractivity contribution in [3.8, 4) is 0 Å². The number of rotatable bonds is 12. The molecule has 0 aliphatic rings. The van der Waals surface area contributed by atoms with E-state index in [-0.39, 0.29) is 6.03 Å². The Hall–Kier alpha value is -1.55. The lowest BCUT2D eigenvalue weighted by atomic mass is 10.0. The molecule has 0 aliphatic heterocycles. The number of urea groups is 1. The van der Waals surface area contributed by atoms with E-state index in [1.54, 1.807) is 0 Å². The number of hydrogen-bond acceptors (Lipinski definition) is 2. The second-order valence-electron chi connectivity index (χ2n) is 6.59. The van der Waals surface area contributed by atoms with Crippen molar-refractivity contribution in [3.05, 3.63) is 29.3 Å². The molecule has 4 nitrogen and oxygen atoms in total. The number of hydrogen-bond donors (Lipinski definition) is 2. The predicted molar refractivity (Wildman–Crippen MR) is 108 cm³/mol. The summed E-state index contributed by atoms with van der Waals surface area (Å²) in [4.78, 5) is 14.8. The second kappa shape index (κ2) is 12.8. The average Bonchev–Trinajstić information content (AvgIpc) is 2.63. The molecule has 0 saturated heterocycles. The fourth-order valence-electron chi connectivity index (χ4n) is 2.99. The fraction of sp³-hybridized carbons (Fsp3) is 0.667. The average molecular weight is 348 g/mol. The monoisotopic (exact) mass is 347 g/mol. The van der Waals surface area contributed by atoms with Gasteiger partial charge in [-0.05, 0) is 49.9 Å². The summed E-state index contributed by atoms with van der Waals surface area (Å²) >= 11 is 0. The molecule has 1 aromatic carbocycles. The lowest BCUT2D eigenvalue weighted by Gasteiger charge is -2.22. The van der Waals surface area contributed by atoms with Gasteiger partial charge < -0.3 is 15.5 Å². The van der Waals surface area contributed by atoms with E-state index in [0.717, 1.165) is 38.2 Å². The summed E-state index contributed by atoms with van der Waals surface area (Å²) in [5.41, 5.74) is 3.38. The third-order valence-corrected chi connectivity index (χ3v) is 4.61. The maximum atomic E-state index is 12.3. The Balaban J connectivity index is 2.51. The van der Waals surface area contributed by atoms with Crippen LogP contribution in [-0.2, 0) is 12.8 Å². The Morgan fingerprint density at radius 1 is 0.920 bits per heavy atom. The number of anilines is 1. The normalized spacial score (nSPS) is 10.9. The van der Waals surface area contributed by atoms with E-state index in [4.69, 9.17) is 0 Å². The molecule has 142 valence electrons. The zero-order valence-corrected chi connectivity index (χ0v) is 16.7. The zero-order valence-electron chi connectivity index (χ0n) is 16.7. The number of nitrogens with zero attached hydrogens (tertiary/aromatic N) is 1. The highest BCUT2D eigenvalue weighted by Gasteiger charge is 2.10. The van der Waals surface area contributed by atoms with Gasteiger partial charge in [-0.25, -0.2) is 4.79 Å². The van der Waals surface area contributed by atoms with Crippen molar-refractivity contribution in [1.29, 1.82) is 0 Å². The molecule has 0 spiro atoms. The van der Waals surface area contributed by atoms with Crippen molar-refractivity contribution in [1.82, 2.24) is 10.2 Å². The molecule has 0 bridgehead atoms. The minimum atomic E-state index is -0.0958. The summed E-state index contributed by atoms with van der Waals surface area (Å²) in [6, 6.07) is 6.15. The van der Waals surface area contributed by atoms with Crippen LogP contribution >= 0.6 is 0 Å². The van der Waals surface area contributed by atoms with Crippen LogP contribution in [0.15, 0.2) is 18.2 Å². The van der Waals surface area contributed by atoms with Gasteiger partial charge in [0.2, 0.25) is 0 Å². The van der Waals surface area contributed by atoms with Crippen LogP contribution in [0.5, 0.6) is 0 Å². The quantitative estimate of drug-likeness (QED) is 0.568. The SMILES string of the molecule is CCCCN(CCCC)CCNC(=O)Nc1c(CC)cccc1CC. The second-order valence-corrected chi connectivity index (χ2v) is 6.59. The number of unbranched alkanes of at least 4 members (excludes halogenated alkanes) is 2. The summed E-state index contributed by atoms with van der Waals surface area (Å²) in [6.45, 7) is 12.5. The molecular formula is C21H37N3O. The smallest absolute Gasteiger partial charge is 0.319 e. The highest BCUT2D eigenvalue weighted by Crippen LogP contribution is 2.22. The van der Waals surface area contributed by atoms with Crippen LogP contribution < -0.4 is 10.6 Å². The topological polar surface area (TPSA) is 44.4 Å².